The molecule has 15 heteroatoms. The summed E-state index contributed by atoms with van der Waals surface area (Å²) in [4.78, 5) is 13.7. The Bertz CT molecular complexity index is 1900. The number of aliphatic hydroxyl groups is 2. The molecule has 300 valence electrons. The summed E-state index contributed by atoms with van der Waals surface area (Å²) in [5.74, 6) is 4.01. The van der Waals surface area contributed by atoms with Crippen LogP contribution >= 0.6 is 0 Å². The molecule has 0 amide bonds. The van der Waals surface area contributed by atoms with E-state index in [9.17, 15) is 10.2 Å². The largest absolute Gasteiger partial charge is 0.497 e. The summed E-state index contributed by atoms with van der Waals surface area (Å²) in [6.07, 6.45) is 11.2. The molecule has 4 aromatic rings. The SMILES string of the molecule is C=C[C@H]1C[N@]2CC[C@H]1C[C@H]2[C@H](O)c1ccnc2ccc(OC)cc12.C=C[C@H]1C[N@]2CC[C@H]1C[C@H]2[C@H](O)c1ccnc2ccc(OC)cc12.O.O.O=S(=O)(O)O. The van der Waals surface area contributed by atoms with Crippen LogP contribution in [0.15, 0.2) is 86.2 Å². The average Bonchev–Trinajstić information content (AvgIpc) is 3.19. The highest BCUT2D eigenvalue weighted by Crippen LogP contribution is 2.43. The number of piperidine rings is 6. The maximum absolute atomic E-state index is 11.2. The molecule has 10 atom stereocenters. The summed E-state index contributed by atoms with van der Waals surface area (Å²) < 4.78 is 42.3. The van der Waals surface area contributed by atoms with Crippen molar-refractivity contribution in [3.63, 3.8) is 0 Å². The van der Waals surface area contributed by atoms with Crippen LogP contribution in [0.5, 0.6) is 11.5 Å². The van der Waals surface area contributed by atoms with E-state index in [-0.39, 0.29) is 23.0 Å². The van der Waals surface area contributed by atoms with Crippen molar-refractivity contribution < 1.29 is 48.2 Å². The lowest BCUT2D eigenvalue weighted by Crippen LogP contribution is -2.54. The number of fused-ring (bicyclic) bond motifs is 8. The first-order valence-corrected chi connectivity index (χ1v) is 19.5. The normalized spacial score (nSPS) is 27.5. The monoisotopic (exact) mass is 782 g/mol. The van der Waals surface area contributed by atoms with Gasteiger partial charge in [0, 0.05) is 48.3 Å². The molecule has 6 saturated heterocycles. The molecular weight excluding hydrogens is 729 g/mol. The van der Waals surface area contributed by atoms with Gasteiger partial charge in [-0.3, -0.25) is 28.9 Å². The highest BCUT2D eigenvalue weighted by atomic mass is 32.3. The van der Waals surface area contributed by atoms with Gasteiger partial charge in [0.1, 0.15) is 11.5 Å². The molecule has 10 rings (SSSR count). The van der Waals surface area contributed by atoms with E-state index in [1.165, 1.54) is 12.8 Å². The molecule has 8 N–H and O–H groups in total. The van der Waals surface area contributed by atoms with Crippen molar-refractivity contribution in [2.45, 2.75) is 50.0 Å². The number of methoxy groups -OCH3 is 2. The van der Waals surface area contributed by atoms with E-state index < -0.39 is 22.6 Å². The molecule has 6 aliphatic rings. The highest BCUT2D eigenvalue weighted by molar-refractivity contribution is 7.79. The maximum Gasteiger partial charge on any atom is 0.394 e. The van der Waals surface area contributed by atoms with Gasteiger partial charge >= 0.3 is 10.4 Å². The quantitative estimate of drug-likeness (QED) is 0.147. The minimum atomic E-state index is -4.67. The van der Waals surface area contributed by atoms with Crippen LogP contribution in [0, 0.1) is 23.7 Å². The standard InChI is InChI=1S/2C20H24N2O2.H2O4S.2H2O/c2*1-3-13-12-22-9-7-14(13)10-19(22)20(23)16-6-8-21-18-5-4-15(24-2)11-17(16)18;1-5(2,3)4;;/h2*3-6,8,11,13-14,19-20,23H,1,7,9-10,12H2,2H3;(H2,1,2,3,4);2*1H2/t2*13-,14-,19-,20+;;;/m00.../s1. The minimum Gasteiger partial charge on any atom is -0.497 e. The topological polar surface area (TPSA) is 229 Å². The lowest BCUT2D eigenvalue weighted by atomic mass is 9.73. The summed E-state index contributed by atoms with van der Waals surface area (Å²) in [5, 5.41) is 24.3. The Balaban J connectivity index is 0.000000211. The van der Waals surface area contributed by atoms with Gasteiger partial charge in [-0.15, -0.1) is 13.2 Å². The maximum atomic E-state index is 11.2. The average molecular weight is 783 g/mol. The van der Waals surface area contributed by atoms with Crippen molar-refractivity contribution in [2.24, 2.45) is 23.7 Å². The number of aliphatic hydroxyl groups excluding tert-OH is 2. The third-order valence-electron chi connectivity index (χ3n) is 11.6. The van der Waals surface area contributed by atoms with Crippen molar-refractivity contribution in [3.05, 3.63) is 97.4 Å². The predicted molar refractivity (Wildman–Crippen MR) is 211 cm³/mol. The number of nitrogens with zero attached hydrogens (tertiary/aromatic N) is 4. The Hall–Kier alpha value is -4.03. The Morgan fingerprint density at radius 2 is 1.11 bits per heavy atom. The number of benzene rings is 2. The number of hydrogen-bond donors (Lipinski definition) is 4. The molecule has 0 radical (unpaired) electrons. The summed E-state index contributed by atoms with van der Waals surface area (Å²) in [6, 6.07) is 15.9. The van der Waals surface area contributed by atoms with Crippen LogP contribution < -0.4 is 9.47 Å². The Labute approximate surface area is 322 Å². The number of pyridine rings is 2. The van der Waals surface area contributed by atoms with E-state index in [1.54, 1.807) is 26.6 Å². The molecule has 0 aliphatic carbocycles. The van der Waals surface area contributed by atoms with Gasteiger partial charge in [0.25, 0.3) is 0 Å². The van der Waals surface area contributed by atoms with Crippen LogP contribution in [0.25, 0.3) is 21.8 Å². The van der Waals surface area contributed by atoms with Crippen LogP contribution in [0.3, 0.4) is 0 Å². The van der Waals surface area contributed by atoms with Crippen molar-refractivity contribution in [3.8, 4) is 11.5 Å². The van der Waals surface area contributed by atoms with Crippen molar-refractivity contribution in [1.82, 2.24) is 19.8 Å². The second kappa shape index (κ2) is 18.7. The van der Waals surface area contributed by atoms with Gasteiger partial charge in [-0.2, -0.15) is 8.42 Å². The van der Waals surface area contributed by atoms with Gasteiger partial charge in [-0.05, 0) is 122 Å². The molecule has 14 nitrogen and oxygen atoms in total. The zero-order valence-corrected chi connectivity index (χ0v) is 32.1. The summed E-state index contributed by atoms with van der Waals surface area (Å²) in [7, 11) is -1.34. The van der Waals surface area contributed by atoms with Crippen LogP contribution in [0.2, 0.25) is 0 Å². The van der Waals surface area contributed by atoms with Crippen LogP contribution in [0.1, 0.15) is 49.0 Å². The van der Waals surface area contributed by atoms with Gasteiger partial charge in [0.05, 0.1) is 37.5 Å². The van der Waals surface area contributed by atoms with Gasteiger partial charge in [-0.25, -0.2) is 0 Å². The molecule has 2 aromatic heterocycles. The number of aromatic nitrogens is 2. The van der Waals surface area contributed by atoms with E-state index >= 15 is 0 Å². The lowest BCUT2D eigenvalue weighted by Gasteiger charge is -2.50. The lowest BCUT2D eigenvalue weighted by molar-refractivity contribution is -0.0445. The van der Waals surface area contributed by atoms with Crippen LogP contribution in [-0.4, -0.2) is 111 Å². The first-order chi connectivity index (χ1) is 25.4. The molecule has 2 aromatic carbocycles. The van der Waals surface area contributed by atoms with E-state index in [0.29, 0.717) is 23.7 Å². The minimum absolute atomic E-state index is 0. The smallest absolute Gasteiger partial charge is 0.394 e. The van der Waals surface area contributed by atoms with Gasteiger partial charge in [0.15, 0.2) is 0 Å². The summed E-state index contributed by atoms with van der Waals surface area (Å²) >= 11 is 0. The third-order valence-corrected chi connectivity index (χ3v) is 11.6. The Morgan fingerprint density at radius 3 is 1.42 bits per heavy atom. The van der Waals surface area contributed by atoms with Gasteiger partial charge in [-0.1, -0.05) is 12.2 Å². The molecule has 4 bridgehead atoms. The van der Waals surface area contributed by atoms with Crippen molar-refractivity contribution in [2.75, 3.05) is 40.4 Å². The summed E-state index contributed by atoms with van der Waals surface area (Å²) in [5.41, 5.74) is 3.69. The molecule has 0 spiro atoms. The Kier molecular flexibility index (Phi) is 14.9. The molecule has 6 fully saturated rings. The fourth-order valence-corrected chi connectivity index (χ4v) is 8.89. The van der Waals surface area contributed by atoms with Crippen LogP contribution in [-0.2, 0) is 10.4 Å². The van der Waals surface area contributed by atoms with E-state index in [2.05, 4.69) is 45.1 Å². The number of rotatable bonds is 8. The van der Waals surface area contributed by atoms with Crippen molar-refractivity contribution in [1.29, 1.82) is 0 Å². The first-order valence-electron chi connectivity index (χ1n) is 18.1. The predicted octanol–water partition coefficient (Wildman–Crippen LogP) is 4.04. The van der Waals surface area contributed by atoms with Gasteiger partial charge < -0.3 is 30.6 Å². The third kappa shape index (κ3) is 9.86. The molecule has 6 aliphatic heterocycles. The molecule has 55 heavy (non-hydrogen) atoms. The molecular formula is C40H54N4O10S. The highest BCUT2D eigenvalue weighted by Gasteiger charge is 2.43. The first kappa shape index (κ1) is 43.7. The van der Waals surface area contributed by atoms with Gasteiger partial charge in [0.2, 0.25) is 0 Å². The van der Waals surface area contributed by atoms with Crippen molar-refractivity contribution >= 4 is 32.2 Å². The number of ether oxygens (including phenoxy) is 2. The molecule has 8 heterocycles. The zero-order chi connectivity index (χ0) is 37.9. The van der Waals surface area contributed by atoms with E-state index in [0.717, 1.165) is 83.5 Å². The second-order valence-electron chi connectivity index (χ2n) is 14.4. The van der Waals surface area contributed by atoms with E-state index in [1.807, 2.05) is 48.5 Å². The molecule has 0 saturated carbocycles. The number of hydrogen-bond acceptors (Lipinski definition) is 10. The Morgan fingerprint density at radius 1 is 0.727 bits per heavy atom. The second-order valence-corrected chi connectivity index (χ2v) is 15.3. The van der Waals surface area contributed by atoms with Crippen LogP contribution in [0.4, 0.5) is 0 Å². The summed E-state index contributed by atoms with van der Waals surface area (Å²) in [6.45, 7) is 12.1. The molecule has 0 unspecified atom stereocenters. The fourth-order valence-electron chi connectivity index (χ4n) is 8.89. The zero-order valence-electron chi connectivity index (χ0n) is 31.2. The van der Waals surface area contributed by atoms with E-state index in [4.69, 9.17) is 27.0 Å². The fraction of sp³-hybridized carbons (Fsp3) is 0.450.